The highest BCUT2D eigenvalue weighted by molar-refractivity contribution is 5.66. The summed E-state index contributed by atoms with van der Waals surface area (Å²) >= 11 is 0. The molecular formula is C25H37NO5. The molecule has 0 radical (unpaired) electrons. The molecule has 172 valence electrons. The van der Waals surface area contributed by atoms with Gasteiger partial charge in [-0.15, -0.1) is 0 Å². The van der Waals surface area contributed by atoms with E-state index in [1.807, 2.05) is 14.2 Å². The molecule has 1 heterocycles. The molecule has 0 amide bonds. The van der Waals surface area contributed by atoms with Gasteiger partial charge >= 0.3 is 5.97 Å². The molecule has 5 aliphatic carbocycles. The quantitative estimate of drug-likeness (QED) is 0.543. The molecule has 1 N–H and O–H groups in total. The van der Waals surface area contributed by atoms with Gasteiger partial charge in [-0.25, -0.2) is 0 Å². The van der Waals surface area contributed by atoms with E-state index >= 15 is 0 Å². The van der Waals surface area contributed by atoms with E-state index in [0.717, 1.165) is 25.9 Å². The van der Waals surface area contributed by atoms with Crippen LogP contribution < -0.4 is 0 Å². The van der Waals surface area contributed by atoms with Crippen LogP contribution in [0.25, 0.3) is 0 Å². The molecule has 0 aromatic carbocycles. The second-order valence-electron chi connectivity index (χ2n) is 11.4. The molecule has 0 aromatic heterocycles. The summed E-state index contributed by atoms with van der Waals surface area (Å²) in [4.78, 5) is 15.0. The zero-order valence-electron chi connectivity index (χ0n) is 19.4. The highest BCUT2D eigenvalue weighted by Crippen LogP contribution is 2.77. The third-order valence-corrected chi connectivity index (χ3v) is 10.6. The topological polar surface area (TPSA) is 68.2 Å². The Morgan fingerprint density at radius 1 is 1.16 bits per heavy atom. The number of piperidine rings is 1. The van der Waals surface area contributed by atoms with Crippen molar-refractivity contribution in [1.29, 1.82) is 0 Å². The number of carbonyl (C=O) groups excluding carboxylic acids is 1. The van der Waals surface area contributed by atoms with E-state index < -0.39 is 6.10 Å². The Labute approximate surface area is 185 Å². The van der Waals surface area contributed by atoms with E-state index in [0.29, 0.717) is 23.7 Å². The van der Waals surface area contributed by atoms with Crippen molar-refractivity contribution in [2.24, 2.45) is 46.3 Å². The highest BCUT2D eigenvalue weighted by atomic mass is 16.5. The average Bonchev–Trinajstić information content (AvgIpc) is 3.15. The lowest BCUT2D eigenvalue weighted by molar-refractivity contribution is -0.200. The molecule has 31 heavy (non-hydrogen) atoms. The number of likely N-dealkylation sites (tertiary alicyclic amines) is 1. The summed E-state index contributed by atoms with van der Waals surface area (Å²) in [6.07, 6.45) is 5.99. The summed E-state index contributed by atoms with van der Waals surface area (Å²) in [6, 6.07) is 0.234. The number of aliphatic hydroxyl groups is 1. The number of methoxy groups -OCH3 is 2. The van der Waals surface area contributed by atoms with Crippen LogP contribution in [0.1, 0.15) is 33.6 Å². The fourth-order valence-corrected chi connectivity index (χ4v) is 10.3. The monoisotopic (exact) mass is 431 g/mol. The molecular weight excluding hydrogens is 394 g/mol. The molecule has 4 saturated carbocycles. The van der Waals surface area contributed by atoms with E-state index in [1.165, 1.54) is 0 Å². The normalized spacial score (nSPS) is 58.5. The van der Waals surface area contributed by atoms with Gasteiger partial charge < -0.3 is 19.3 Å². The van der Waals surface area contributed by atoms with Crippen LogP contribution in [0.2, 0.25) is 0 Å². The van der Waals surface area contributed by atoms with Crippen molar-refractivity contribution in [3.8, 4) is 0 Å². The van der Waals surface area contributed by atoms with E-state index in [1.54, 1.807) is 6.92 Å². The number of hydrogen-bond acceptors (Lipinski definition) is 6. The average molecular weight is 432 g/mol. The lowest BCUT2D eigenvalue weighted by Crippen LogP contribution is -2.71. The molecule has 6 aliphatic rings. The number of carbonyl (C=O) groups is 1. The summed E-state index contributed by atoms with van der Waals surface area (Å²) < 4.78 is 18.4. The van der Waals surface area contributed by atoms with Crippen molar-refractivity contribution in [3.63, 3.8) is 0 Å². The van der Waals surface area contributed by atoms with Crippen molar-refractivity contribution in [1.82, 2.24) is 4.90 Å². The first-order valence-electron chi connectivity index (χ1n) is 12.2. The van der Waals surface area contributed by atoms with Gasteiger partial charge in [-0.05, 0) is 37.1 Å². The molecule has 5 fully saturated rings. The second-order valence-corrected chi connectivity index (χ2v) is 11.4. The highest BCUT2D eigenvalue weighted by Gasteiger charge is 2.82. The molecule has 6 nitrogen and oxygen atoms in total. The van der Waals surface area contributed by atoms with Gasteiger partial charge in [-0.1, -0.05) is 26.0 Å². The first kappa shape index (κ1) is 20.6. The smallest absolute Gasteiger partial charge is 0.302 e. The molecule has 7 bridgehead atoms. The minimum Gasteiger partial charge on any atom is -0.462 e. The van der Waals surface area contributed by atoms with Gasteiger partial charge in [0.25, 0.3) is 0 Å². The van der Waals surface area contributed by atoms with Crippen LogP contribution in [0, 0.1) is 46.3 Å². The van der Waals surface area contributed by atoms with Crippen LogP contribution >= 0.6 is 0 Å². The van der Waals surface area contributed by atoms with Crippen molar-refractivity contribution in [3.05, 3.63) is 12.2 Å². The van der Waals surface area contributed by atoms with Gasteiger partial charge in [0.2, 0.25) is 0 Å². The molecule has 0 unspecified atom stereocenters. The molecule has 1 aliphatic heterocycles. The van der Waals surface area contributed by atoms with E-state index in [-0.39, 0.29) is 53.0 Å². The Hall–Kier alpha value is -0.950. The zero-order chi connectivity index (χ0) is 21.9. The zero-order valence-corrected chi connectivity index (χ0v) is 19.4. The number of fused-ring (bicyclic) bond motifs is 2. The number of hydrogen-bond donors (Lipinski definition) is 1. The molecule has 6 rings (SSSR count). The van der Waals surface area contributed by atoms with E-state index in [2.05, 4.69) is 30.9 Å². The van der Waals surface area contributed by atoms with Crippen LogP contribution in [0.4, 0.5) is 0 Å². The minimum atomic E-state index is -0.517. The summed E-state index contributed by atoms with van der Waals surface area (Å²) in [6.45, 7) is 8.02. The van der Waals surface area contributed by atoms with Gasteiger partial charge in [0.05, 0.1) is 18.3 Å². The maximum absolute atomic E-state index is 12.4. The van der Waals surface area contributed by atoms with Crippen LogP contribution in [0.5, 0.6) is 0 Å². The molecule has 0 aromatic rings. The molecule has 6 heteroatoms. The van der Waals surface area contributed by atoms with Crippen LogP contribution in [0.3, 0.4) is 0 Å². The van der Waals surface area contributed by atoms with Crippen LogP contribution in [-0.4, -0.2) is 73.7 Å². The van der Waals surface area contributed by atoms with Gasteiger partial charge in [0, 0.05) is 62.3 Å². The maximum Gasteiger partial charge on any atom is 0.302 e. The second kappa shape index (κ2) is 6.55. The maximum atomic E-state index is 12.4. The first-order valence-corrected chi connectivity index (χ1v) is 12.2. The van der Waals surface area contributed by atoms with Crippen molar-refractivity contribution in [2.75, 3.05) is 27.3 Å². The lowest BCUT2D eigenvalue weighted by atomic mass is 9.46. The Morgan fingerprint density at radius 2 is 1.94 bits per heavy atom. The fraction of sp³-hybridized carbons (Fsp3) is 0.880. The number of ether oxygens (including phenoxy) is 3. The third kappa shape index (κ3) is 2.21. The standard InChI is InChI=1S/C25H37NO5/c1-6-26-11-24(3)8-7-17(28)25-15-9-13-16(29-4)10-14(18(15)20(13)30-5)19(23(25)26)21(22(24)25)31-12(2)27/h7-8,13-23,28H,6,9-11H2,1-5H3/t13-,14+,15-,16+,17+,18-,19+,20+,21-,22-,23-,24+,25+/m1/s1. The predicted octanol–water partition coefficient (Wildman–Crippen LogP) is 2.11. The van der Waals surface area contributed by atoms with Gasteiger partial charge in [0.15, 0.2) is 0 Å². The SMILES string of the molecule is CCN1C[C@]2(C)C=C[C@H](O)[C@@]34[C@@H]5C[C@H]6[C@H](OC)[C@@H]5[C@H](C[C@@H]6OC)[C@@H]([C@@H](OC(C)=O)[C@@H]32)[C@@H]14. The lowest BCUT2D eigenvalue weighted by Gasteiger charge is -2.65. The predicted molar refractivity (Wildman–Crippen MR) is 114 cm³/mol. The largest absolute Gasteiger partial charge is 0.462 e. The molecule has 1 saturated heterocycles. The Balaban J connectivity index is 1.60. The first-order chi connectivity index (χ1) is 14.8. The van der Waals surface area contributed by atoms with E-state index in [4.69, 9.17) is 14.2 Å². The Kier molecular flexibility index (Phi) is 4.36. The molecule has 13 atom stereocenters. The van der Waals surface area contributed by atoms with Crippen LogP contribution in [-0.2, 0) is 19.0 Å². The summed E-state index contributed by atoms with van der Waals surface area (Å²) in [5, 5.41) is 11.8. The van der Waals surface area contributed by atoms with Crippen molar-refractivity contribution < 1.29 is 24.1 Å². The summed E-state index contributed by atoms with van der Waals surface area (Å²) in [7, 11) is 3.67. The van der Waals surface area contributed by atoms with Gasteiger partial charge in [-0.2, -0.15) is 0 Å². The van der Waals surface area contributed by atoms with E-state index in [9.17, 15) is 9.90 Å². The molecule has 1 spiro atoms. The summed E-state index contributed by atoms with van der Waals surface area (Å²) in [5.74, 6) is 1.67. The minimum absolute atomic E-state index is 0.111. The Bertz CT molecular complexity index is 816. The third-order valence-electron chi connectivity index (χ3n) is 10.6. The number of esters is 1. The number of nitrogens with zero attached hydrogens (tertiary/aromatic N) is 1. The fourth-order valence-electron chi connectivity index (χ4n) is 10.3. The summed E-state index contributed by atoms with van der Waals surface area (Å²) in [5.41, 5.74) is -0.404. The number of aliphatic hydroxyl groups excluding tert-OH is 1. The number of rotatable bonds is 4. The van der Waals surface area contributed by atoms with Crippen LogP contribution in [0.15, 0.2) is 12.2 Å². The van der Waals surface area contributed by atoms with Crippen molar-refractivity contribution in [2.45, 2.75) is 64.1 Å². The van der Waals surface area contributed by atoms with Gasteiger partial charge in [-0.3, -0.25) is 9.69 Å². The van der Waals surface area contributed by atoms with Gasteiger partial charge in [0.1, 0.15) is 6.10 Å². The van der Waals surface area contributed by atoms with Crippen molar-refractivity contribution >= 4 is 5.97 Å². The Morgan fingerprint density at radius 3 is 2.58 bits per heavy atom.